The number of carbonyl (C=O) groups is 1. The minimum Gasteiger partial charge on any atom is -0.338 e. The Balaban J connectivity index is 1.40. The number of carbonyl (C=O) groups excluding carboxylic acids is 1. The van der Waals surface area contributed by atoms with E-state index in [4.69, 9.17) is 11.6 Å². The maximum atomic E-state index is 12.5. The molecular formula is C29H28ClN3O. The summed E-state index contributed by atoms with van der Waals surface area (Å²) in [6, 6.07) is 22.8. The minimum atomic E-state index is 0.0289. The summed E-state index contributed by atoms with van der Waals surface area (Å²) in [4.78, 5) is 22.5. The van der Waals surface area contributed by atoms with Crippen molar-refractivity contribution in [3.63, 3.8) is 0 Å². The van der Waals surface area contributed by atoms with Crippen LogP contribution in [-0.4, -0.2) is 27.3 Å². The maximum absolute atomic E-state index is 12.5. The number of benzene rings is 3. The van der Waals surface area contributed by atoms with Gasteiger partial charge in [0.2, 0.25) is 5.91 Å². The number of halogens is 1. The highest BCUT2D eigenvalue weighted by Gasteiger charge is 2.24. The van der Waals surface area contributed by atoms with Crippen molar-refractivity contribution >= 4 is 17.5 Å². The van der Waals surface area contributed by atoms with Gasteiger partial charge in [-0.3, -0.25) is 4.79 Å². The zero-order valence-corrected chi connectivity index (χ0v) is 20.3. The Morgan fingerprint density at radius 1 is 1.09 bits per heavy atom. The summed E-state index contributed by atoms with van der Waals surface area (Å²) in [6.07, 6.45) is 3.56. The number of imidazole rings is 1. The molecular weight excluding hydrogens is 442 g/mol. The van der Waals surface area contributed by atoms with E-state index < -0.39 is 0 Å². The van der Waals surface area contributed by atoms with Gasteiger partial charge >= 0.3 is 0 Å². The van der Waals surface area contributed by atoms with Crippen LogP contribution in [0, 0.1) is 5.92 Å². The van der Waals surface area contributed by atoms with Crippen LogP contribution < -0.4 is 0 Å². The molecule has 3 aromatic carbocycles. The summed E-state index contributed by atoms with van der Waals surface area (Å²) in [5, 5.41) is 0.677. The number of aromatic nitrogens is 2. The van der Waals surface area contributed by atoms with Crippen molar-refractivity contribution in [1.82, 2.24) is 14.9 Å². The first kappa shape index (κ1) is 22.4. The average molecular weight is 470 g/mol. The van der Waals surface area contributed by atoms with Crippen molar-refractivity contribution in [2.24, 2.45) is 5.92 Å². The second-order valence-corrected chi connectivity index (χ2v) is 9.63. The van der Waals surface area contributed by atoms with E-state index in [2.05, 4.69) is 52.4 Å². The second kappa shape index (κ2) is 9.47. The Hall–Kier alpha value is -3.37. The number of rotatable bonds is 5. The number of aromatic amines is 1. The molecule has 172 valence electrons. The van der Waals surface area contributed by atoms with E-state index in [-0.39, 0.29) is 11.8 Å². The standard InChI is InChI=1S/C29H28ClN3O/c1-19(2)29(34)33-14-13-24-22(9-6-10-23(24)18-33)15-20-11-12-26(30)25(16-20)28-31-17-27(32-28)21-7-4-3-5-8-21/h3-12,16-17,19H,13-15,18H2,1-2H3,(H,31,32). The number of fused-ring (bicyclic) bond motifs is 1. The van der Waals surface area contributed by atoms with Crippen molar-refractivity contribution in [3.05, 3.63) is 100 Å². The molecule has 0 atom stereocenters. The van der Waals surface area contributed by atoms with Gasteiger partial charge in [0.25, 0.3) is 0 Å². The van der Waals surface area contributed by atoms with E-state index in [0.29, 0.717) is 11.6 Å². The molecule has 0 spiro atoms. The molecule has 1 N–H and O–H groups in total. The smallest absolute Gasteiger partial charge is 0.225 e. The van der Waals surface area contributed by atoms with Crippen LogP contribution in [0.15, 0.2) is 72.9 Å². The van der Waals surface area contributed by atoms with Gasteiger partial charge in [0.15, 0.2) is 0 Å². The Morgan fingerprint density at radius 2 is 1.91 bits per heavy atom. The van der Waals surface area contributed by atoms with E-state index in [1.54, 1.807) is 0 Å². The molecule has 0 radical (unpaired) electrons. The summed E-state index contributed by atoms with van der Waals surface area (Å²) < 4.78 is 0. The Bertz CT molecular complexity index is 1330. The van der Waals surface area contributed by atoms with E-state index in [9.17, 15) is 4.79 Å². The molecule has 1 aliphatic rings. The van der Waals surface area contributed by atoms with Crippen molar-refractivity contribution < 1.29 is 4.79 Å². The molecule has 0 aliphatic carbocycles. The number of nitrogens with zero attached hydrogens (tertiary/aromatic N) is 2. The van der Waals surface area contributed by atoms with E-state index in [1.807, 2.05) is 49.2 Å². The Labute approximate surface area is 205 Å². The lowest BCUT2D eigenvalue weighted by molar-refractivity contribution is -0.135. The van der Waals surface area contributed by atoms with E-state index in [1.165, 1.54) is 22.3 Å². The fourth-order valence-corrected chi connectivity index (χ4v) is 4.92. The summed E-state index contributed by atoms with van der Waals surface area (Å²) in [5.74, 6) is 1.02. The van der Waals surface area contributed by atoms with Gasteiger partial charge in [-0.05, 0) is 52.8 Å². The minimum absolute atomic E-state index is 0.0289. The van der Waals surface area contributed by atoms with Crippen LogP contribution >= 0.6 is 11.6 Å². The second-order valence-electron chi connectivity index (χ2n) is 9.22. The highest BCUT2D eigenvalue weighted by molar-refractivity contribution is 6.33. The molecule has 4 aromatic rings. The third-order valence-electron chi connectivity index (χ3n) is 6.51. The van der Waals surface area contributed by atoms with Gasteiger partial charge in [0, 0.05) is 24.6 Å². The molecule has 0 fully saturated rings. The molecule has 2 heterocycles. The predicted octanol–water partition coefficient (Wildman–Crippen LogP) is 6.53. The zero-order chi connectivity index (χ0) is 23.7. The molecule has 0 saturated carbocycles. The molecule has 5 rings (SSSR count). The van der Waals surface area contributed by atoms with Gasteiger partial charge in [0.1, 0.15) is 5.82 Å². The van der Waals surface area contributed by atoms with Gasteiger partial charge in [-0.25, -0.2) is 4.98 Å². The van der Waals surface area contributed by atoms with Crippen LogP contribution in [-0.2, 0) is 24.2 Å². The number of H-pyrrole nitrogens is 1. The lowest BCUT2D eigenvalue weighted by Crippen LogP contribution is -2.38. The average Bonchev–Trinajstić information content (AvgIpc) is 3.35. The predicted molar refractivity (Wildman–Crippen MR) is 138 cm³/mol. The van der Waals surface area contributed by atoms with Gasteiger partial charge in [-0.15, -0.1) is 0 Å². The Kier molecular flexibility index (Phi) is 6.25. The zero-order valence-electron chi connectivity index (χ0n) is 19.5. The van der Waals surface area contributed by atoms with Crippen LogP contribution in [0.25, 0.3) is 22.6 Å². The van der Waals surface area contributed by atoms with Crippen molar-refractivity contribution in [1.29, 1.82) is 0 Å². The first-order valence-electron chi connectivity index (χ1n) is 11.8. The van der Waals surface area contributed by atoms with Crippen molar-refractivity contribution in [2.45, 2.75) is 33.2 Å². The lowest BCUT2D eigenvalue weighted by atomic mass is 9.90. The van der Waals surface area contributed by atoms with E-state index >= 15 is 0 Å². The number of nitrogens with one attached hydrogen (secondary N) is 1. The molecule has 5 heteroatoms. The van der Waals surface area contributed by atoms with Gasteiger partial charge in [-0.1, -0.05) is 80.0 Å². The third kappa shape index (κ3) is 4.51. The molecule has 0 saturated heterocycles. The summed E-state index contributed by atoms with van der Waals surface area (Å²) in [7, 11) is 0. The quantitative estimate of drug-likeness (QED) is 0.361. The first-order valence-corrected chi connectivity index (χ1v) is 12.1. The summed E-state index contributed by atoms with van der Waals surface area (Å²) in [6.45, 7) is 5.41. The third-order valence-corrected chi connectivity index (χ3v) is 6.84. The topological polar surface area (TPSA) is 49.0 Å². The fourth-order valence-electron chi connectivity index (χ4n) is 4.71. The normalized spacial score (nSPS) is 13.2. The monoisotopic (exact) mass is 469 g/mol. The number of hydrogen-bond donors (Lipinski definition) is 1. The molecule has 1 aromatic heterocycles. The highest BCUT2D eigenvalue weighted by Crippen LogP contribution is 2.31. The van der Waals surface area contributed by atoms with Gasteiger partial charge < -0.3 is 9.88 Å². The molecule has 0 unspecified atom stereocenters. The molecule has 4 nitrogen and oxygen atoms in total. The maximum Gasteiger partial charge on any atom is 0.225 e. The van der Waals surface area contributed by atoms with E-state index in [0.717, 1.165) is 42.0 Å². The van der Waals surface area contributed by atoms with Gasteiger partial charge in [0.05, 0.1) is 16.9 Å². The number of amides is 1. The Morgan fingerprint density at radius 3 is 2.71 bits per heavy atom. The largest absolute Gasteiger partial charge is 0.338 e. The summed E-state index contributed by atoms with van der Waals surface area (Å²) >= 11 is 6.58. The van der Waals surface area contributed by atoms with Gasteiger partial charge in [-0.2, -0.15) is 0 Å². The molecule has 1 amide bonds. The first-order chi connectivity index (χ1) is 16.5. The van der Waals surface area contributed by atoms with Crippen LogP contribution in [0.1, 0.15) is 36.1 Å². The van der Waals surface area contributed by atoms with Crippen LogP contribution in [0.3, 0.4) is 0 Å². The molecule has 34 heavy (non-hydrogen) atoms. The highest BCUT2D eigenvalue weighted by atomic mass is 35.5. The van der Waals surface area contributed by atoms with Crippen LogP contribution in [0.5, 0.6) is 0 Å². The molecule has 1 aliphatic heterocycles. The number of hydrogen-bond acceptors (Lipinski definition) is 2. The lowest BCUT2D eigenvalue weighted by Gasteiger charge is -2.31. The summed E-state index contributed by atoms with van der Waals surface area (Å²) in [5.41, 5.74) is 8.09. The van der Waals surface area contributed by atoms with Crippen LogP contribution in [0.4, 0.5) is 0 Å². The fraction of sp³-hybridized carbons (Fsp3) is 0.241. The molecule has 0 bridgehead atoms. The van der Waals surface area contributed by atoms with Crippen LogP contribution in [0.2, 0.25) is 5.02 Å². The van der Waals surface area contributed by atoms with Crippen molar-refractivity contribution in [3.8, 4) is 22.6 Å². The SMILES string of the molecule is CC(C)C(=O)N1CCc2c(Cc3ccc(Cl)c(-c4ncc(-c5ccccc5)[nH]4)c3)cccc2C1. The van der Waals surface area contributed by atoms with Crippen molar-refractivity contribution in [2.75, 3.05) is 6.54 Å².